The summed E-state index contributed by atoms with van der Waals surface area (Å²) < 4.78 is 0. The molecule has 0 nitrogen and oxygen atoms in total. The molecule has 0 radical (unpaired) electrons. The highest BCUT2D eigenvalue weighted by atomic mass is 14.1. The van der Waals surface area contributed by atoms with Gasteiger partial charge in [0, 0.05) is 6.42 Å². The van der Waals surface area contributed by atoms with E-state index in [9.17, 15) is 0 Å². The van der Waals surface area contributed by atoms with Crippen molar-refractivity contribution in [1.82, 2.24) is 0 Å². The van der Waals surface area contributed by atoms with Gasteiger partial charge in [-0.3, -0.25) is 0 Å². The number of hydrogen-bond donors (Lipinski definition) is 0. The molecule has 0 saturated carbocycles. The maximum Gasteiger partial charge on any atom is 0.0155 e. The van der Waals surface area contributed by atoms with Gasteiger partial charge >= 0.3 is 0 Å². The maximum absolute atomic E-state index is 3.13. The number of benzene rings is 1. The minimum absolute atomic E-state index is 0.549. The van der Waals surface area contributed by atoms with Gasteiger partial charge in [0.2, 0.25) is 0 Å². The second kappa shape index (κ2) is 5.50. The fourth-order valence-electron chi connectivity index (χ4n) is 1.45. The third-order valence-electron chi connectivity index (χ3n) is 2.54. The largest absolute Gasteiger partial charge is 0.107 e. The molecule has 0 heteroatoms. The SMILES string of the molecule is CC#CCC(C)c1ccc(CC)cc1. The van der Waals surface area contributed by atoms with Crippen LogP contribution in [0.25, 0.3) is 0 Å². The van der Waals surface area contributed by atoms with E-state index in [4.69, 9.17) is 0 Å². The Balaban J connectivity index is 2.69. The lowest BCUT2D eigenvalue weighted by Crippen LogP contribution is -1.92. The van der Waals surface area contributed by atoms with Gasteiger partial charge in [-0.1, -0.05) is 38.1 Å². The first-order valence-corrected chi connectivity index (χ1v) is 5.26. The first-order chi connectivity index (χ1) is 6.77. The molecule has 0 bridgehead atoms. The lowest BCUT2D eigenvalue weighted by Gasteiger charge is -2.08. The minimum atomic E-state index is 0.549. The van der Waals surface area contributed by atoms with Crippen molar-refractivity contribution in [3.05, 3.63) is 35.4 Å². The van der Waals surface area contributed by atoms with Crippen LogP contribution in [0.3, 0.4) is 0 Å². The summed E-state index contributed by atoms with van der Waals surface area (Å²) in [5, 5.41) is 0. The van der Waals surface area contributed by atoms with Crippen LogP contribution in [-0.4, -0.2) is 0 Å². The van der Waals surface area contributed by atoms with Gasteiger partial charge in [-0.05, 0) is 30.4 Å². The van der Waals surface area contributed by atoms with E-state index in [-0.39, 0.29) is 0 Å². The molecule has 1 aromatic rings. The van der Waals surface area contributed by atoms with Gasteiger partial charge in [-0.15, -0.1) is 11.8 Å². The Hall–Kier alpha value is -1.22. The molecule has 0 spiro atoms. The van der Waals surface area contributed by atoms with Crippen LogP contribution in [0, 0.1) is 11.8 Å². The quantitative estimate of drug-likeness (QED) is 0.630. The minimum Gasteiger partial charge on any atom is -0.107 e. The third-order valence-corrected chi connectivity index (χ3v) is 2.54. The van der Waals surface area contributed by atoms with E-state index in [2.05, 4.69) is 50.0 Å². The Morgan fingerprint density at radius 1 is 1.21 bits per heavy atom. The van der Waals surface area contributed by atoms with Crippen LogP contribution in [0.15, 0.2) is 24.3 Å². The van der Waals surface area contributed by atoms with Crippen LogP contribution in [0.2, 0.25) is 0 Å². The molecule has 0 N–H and O–H groups in total. The molecule has 0 aromatic heterocycles. The Bertz CT molecular complexity index is 321. The van der Waals surface area contributed by atoms with Crippen molar-refractivity contribution in [3.63, 3.8) is 0 Å². The molecule has 0 aliphatic heterocycles. The standard InChI is InChI=1S/C14H18/c1-4-6-7-12(3)14-10-8-13(5-2)9-11-14/h8-12H,5,7H2,1-3H3. The fourth-order valence-corrected chi connectivity index (χ4v) is 1.45. The monoisotopic (exact) mass is 186 g/mol. The second-order valence-corrected chi connectivity index (χ2v) is 3.63. The lowest BCUT2D eigenvalue weighted by atomic mass is 9.97. The van der Waals surface area contributed by atoms with Crippen molar-refractivity contribution in [2.75, 3.05) is 0 Å². The highest BCUT2D eigenvalue weighted by Gasteiger charge is 2.02. The van der Waals surface area contributed by atoms with E-state index < -0.39 is 0 Å². The van der Waals surface area contributed by atoms with Crippen molar-refractivity contribution >= 4 is 0 Å². The van der Waals surface area contributed by atoms with Gasteiger partial charge in [0.15, 0.2) is 0 Å². The van der Waals surface area contributed by atoms with Gasteiger partial charge < -0.3 is 0 Å². The van der Waals surface area contributed by atoms with Crippen LogP contribution < -0.4 is 0 Å². The molecule has 0 fully saturated rings. The molecule has 1 atom stereocenters. The van der Waals surface area contributed by atoms with E-state index >= 15 is 0 Å². The number of hydrogen-bond acceptors (Lipinski definition) is 0. The number of rotatable bonds is 3. The zero-order valence-corrected chi connectivity index (χ0v) is 9.30. The van der Waals surface area contributed by atoms with Gasteiger partial charge in [-0.25, -0.2) is 0 Å². The average Bonchev–Trinajstić information content (AvgIpc) is 2.26. The summed E-state index contributed by atoms with van der Waals surface area (Å²) in [6.45, 7) is 6.30. The second-order valence-electron chi connectivity index (χ2n) is 3.63. The average molecular weight is 186 g/mol. The summed E-state index contributed by atoms with van der Waals surface area (Å²) in [4.78, 5) is 0. The van der Waals surface area contributed by atoms with Crippen LogP contribution >= 0.6 is 0 Å². The first kappa shape index (κ1) is 10.9. The molecule has 74 valence electrons. The molecule has 14 heavy (non-hydrogen) atoms. The van der Waals surface area contributed by atoms with E-state index in [0.717, 1.165) is 12.8 Å². The maximum atomic E-state index is 3.13. The van der Waals surface area contributed by atoms with Gasteiger partial charge in [0.05, 0.1) is 0 Å². The summed E-state index contributed by atoms with van der Waals surface area (Å²) in [6.07, 6.45) is 2.07. The van der Waals surface area contributed by atoms with Crippen molar-refractivity contribution in [3.8, 4) is 11.8 Å². The number of aryl methyl sites for hydroxylation is 1. The first-order valence-electron chi connectivity index (χ1n) is 5.26. The normalized spacial score (nSPS) is 11.6. The summed E-state index contributed by atoms with van der Waals surface area (Å²) in [6, 6.07) is 8.87. The van der Waals surface area contributed by atoms with Gasteiger partial charge in [0.1, 0.15) is 0 Å². The molecule has 0 saturated heterocycles. The van der Waals surface area contributed by atoms with Crippen LogP contribution in [0.1, 0.15) is 44.2 Å². The van der Waals surface area contributed by atoms with Crippen molar-refractivity contribution < 1.29 is 0 Å². The van der Waals surface area contributed by atoms with Crippen LogP contribution in [-0.2, 0) is 6.42 Å². The zero-order chi connectivity index (χ0) is 10.4. The lowest BCUT2D eigenvalue weighted by molar-refractivity contribution is 0.794. The van der Waals surface area contributed by atoms with Crippen molar-refractivity contribution in [1.29, 1.82) is 0 Å². The Labute approximate surface area is 87.4 Å². The topological polar surface area (TPSA) is 0 Å². The van der Waals surface area contributed by atoms with E-state index in [1.807, 2.05) is 6.92 Å². The summed E-state index contributed by atoms with van der Waals surface area (Å²) in [7, 11) is 0. The molecule has 1 unspecified atom stereocenters. The molecule has 0 amide bonds. The predicted octanol–water partition coefficient (Wildman–Crippen LogP) is 3.77. The Morgan fingerprint density at radius 3 is 2.36 bits per heavy atom. The molecular formula is C14H18. The van der Waals surface area contributed by atoms with E-state index in [1.54, 1.807) is 0 Å². The predicted molar refractivity (Wildman–Crippen MR) is 62.3 cm³/mol. The molecule has 0 heterocycles. The summed E-state index contributed by atoms with van der Waals surface area (Å²) >= 11 is 0. The highest BCUT2D eigenvalue weighted by Crippen LogP contribution is 2.18. The fraction of sp³-hybridized carbons (Fsp3) is 0.429. The summed E-state index contributed by atoms with van der Waals surface area (Å²) in [5.74, 6) is 6.62. The van der Waals surface area contributed by atoms with Crippen LogP contribution in [0.5, 0.6) is 0 Å². The van der Waals surface area contributed by atoms with Gasteiger partial charge in [0.25, 0.3) is 0 Å². The van der Waals surface area contributed by atoms with E-state index in [1.165, 1.54) is 11.1 Å². The molecule has 1 aromatic carbocycles. The third kappa shape index (κ3) is 2.92. The van der Waals surface area contributed by atoms with Crippen LogP contribution in [0.4, 0.5) is 0 Å². The van der Waals surface area contributed by atoms with E-state index in [0.29, 0.717) is 5.92 Å². The van der Waals surface area contributed by atoms with Gasteiger partial charge in [-0.2, -0.15) is 0 Å². The Morgan fingerprint density at radius 2 is 1.86 bits per heavy atom. The Kier molecular flexibility index (Phi) is 4.26. The molecule has 0 aliphatic carbocycles. The smallest absolute Gasteiger partial charge is 0.0155 e. The highest BCUT2D eigenvalue weighted by molar-refractivity contribution is 5.25. The summed E-state index contributed by atoms with van der Waals surface area (Å²) in [5.41, 5.74) is 2.80. The van der Waals surface area contributed by atoms with Crippen molar-refractivity contribution in [2.45, 2.75) is 39.5 Å². The van der Waals surface area contributed by atoms with Crippen molar-refractivity contribution in [2.24, 2.45) is 0 Å². The molecular weight excluding hydrogens is 168 g/mol. The molecule has 1 rings (SSSR count). The molecule has 0 aliphatic rings. The zero-order valence-electron chi connectivity index (χ0n) is 9.30.